The summed E-state index contributed by atoms with van der Waals surface area (Å²) in [5.41, 5.74) is 3.53. The lowest BCUT2D eigenvalue weighted by Gasteiger charge is -2.30. The Hall–Kier alpha value is -2.03. The van der Waals surface area contributed by atoms with E-state index in [-0.39, 0.29) is 11.5 Å². The highest BCUT2D eigenvalue weighted by atomic mass is 16.3. The summed E-state index contributed by atoms with van der Waals surface area (Å²) in [6, 6.07) is 5.43. The molecule has 0 amide bonds. The van der Waals surface area contributed by atoms with Crippen molar-refractivity contribution in [2.24, 2.45) is 4.99 Å². The summed E-state index contributed by atoms with van der Waals surface area (Å²) in [5, 5.41) is 21.7. The maximum atomic E-state index is 10.2. The number of benzene rings is 2. The third-order valence-corrected chi connectivity index (χ3v) is 4.39. The van der Waals surface area contributed by atoms with Crippen LogP contribution in [0.15, 0.2) is 23.2 Å². The standard InChI is InChI=1S/C16H15NO2/c18-13-5-4-10-8-12-14-9(6-7-17-12)2-1-3-11(14)15(10)16(13)19/h4-5,7-9,18-19H,1-3,6H2. The van der Waals surface area contributed by atoms with E-state index in [1.165, 1.54) is 17.5 Å². The molecule has 19 heavy (non-hydrogen) atoms. The normalized spacial score (nSPS) is 20.5. The fourth-order valence-electron chi connectivity index (χ4n) is 3.55. The zero-order valence-electron chi connectivity index (χ0n) is 10.6. The van der Waals surface area contributed by atoms with Crippen LogP contribution in [0, 0.1) is 0 Å². The topological polar surface area (TPSA) is 52.8 Å². The molecule has 96 valence electrons. The van der Waals surface area contributed by atoms with E-state index in [0.717, 1.165) is 35.7 Å². The van der Waals surface area contributed by atoms with E-state index in [1.54, 1.807) is 6.07 Å². The van der Waals surface area contributed by atoms with Crippen LogP contribution in [-0.2, 0) is 6.42 Å². The maximum absolute atomic E-state index is 10.2. The first-order valence-electron chi connectivity index (χ1n) is 6.78. The van der Waals surface area contributed by atoms with Crippen LogP contribution in [0.2, 0.25) is 0 Å². The lowest BCUT2D eigenvalue weighted by Crippen LogP contribution is -2.13. The van der Waals surface area contributed by atoms with Crippen molar-refractivity contribution in [3.8, 4) is 11.5 Å². The first-order chi connectivity index (χ1) is 9.25. The maximum Gasteiger partial charge on any atom is 0.165 e. The van der Waals surface area contributed by atoms with Gasteiger partial charge in [-0.15, -0.1) is 0 Å². The molecule has 2 N–H and O–H groups in total. The molecule has 0 saturated carbocycles. The third kappa shape index (κ3) is 1.41. The number of aliphatic imine (C=N–C) groups is 1. The Morgan fingerprint density at radius 2 is 2.11 bits per heavy atom. The zero-order chi connectivity index (χ0) is 13.0. The van der Waals surface area contributed by atoms with Crippen LogP contribution < -0.4 is 0 Å². The molecule has 2 aromatic rings. The second-order valence-electron chi connectivity index (χ2n) is 5.46. The van der Waals surface area contributed by atoms with Gasteiger partial charge in [-0.3, -0.25) is 4.99 Å². The molecule has 3 nitrogen and oxygen atoms in total. The van der Waals surface area contributed by atoms with E-state index in [0.29, 0.717) is 5.92 Å². The molecule has 0 aromatic heterocycles. The van der Waals surface area contributed by atoms with Gasteiger partial charge >= 0.3 is 0 Å². The molecule has 3 heteroatoms. The number of fused-ring (bicyclic) bond motifs is 2. The summed E-state index contributed by atoms with van der Waals surface area (Å²) in [6.45, 7) is 0. The molecule has 1 atom stereocenters. The minimum atomic E-state index is -0.0369. The average Bonchev–Trinajstić information content (AvgIpc) is 2.43. The monoisotopic (exact) mass is 253 g/mol. The predicted octanol–water partition coefficient (Wildman–Crippen LogP) is 3.78. The number of rotatable bonds is 0. The van der Waals surface area contributed by atoms with E-state index in [2.05, 4.69) is 4.99 Å². The Morgan fingerprint density at radius 3 is 3.00 bits per heavy atom. The lowest BCUT2D eigenvalue weighted by molar-refractivity contribution is 0.407. The van der Waals surface area contributed by atoms with Crippen molar-refractivity contribution in [3.05, 3.63) is 29.3 Å². The van der Waals surface area contributed by atoms with Gasteiger partial charge in [0.25, 0.3) is 0 Å². The highest BCUT2D eigenvalue weighted by Gasteiger charge is 2.28. The minimum Gasteiger partial charge on any atom is -0.504 e. The Labute approximate surface area is 111 Å². The fraction of sp³-hybridized carbons (Fsp3) is 0.312. The smallest absolute Gasteiger partial charge is 0.165 e. The largest absolute Gasteiger partial charge is 0.504 e. The lowest BCUT2D eigenvalue weighted by atomic mass is 9.77. The van der Waals surface area contributed by atoms with Crippen LogP contribution in [0.25, 0.3) is 10.8 Å². The van der Waals surface area contributed by atoms with E-state index in [9.17, 15) is 10.2 Å². The van der Waals surface area contributed by atoms with E-state index < -0.39 is 0 Å². The van der Waals surface area contributed by atoms with Crippen LogP contribution in [0.4, 0.5) is 5.69 Å². The Kier molecular flexibility index (Phi) is 2.13. The number of nitrogens with zero attached hydrogens (tertiary/aromatic N) is 1. The molecule has 0 saturated heterocycles. The van der Waals surface area contributed by atoms with Crippen molar-refractivity contribution < 1.29 is 10.2 Å². The van der Waals surface area contributed by atoms with Crippen molar-refractivity contribution in [3.63, 3.8) is 0 Å². The number of phenolic OH excluding ortho intramolecular Hbond substituents is 2. The number of hydrogen-bond donors (Lipinski definition) is 2. The van der Waals surface area contributed by atoms with Crippen LogP contribution >= 0.6 is 0 Å². The minimum absolute atomic E-state index is 0.0190. The second kappa shape index (κ2) is 3.73. The summed E-state index contributed by atoms with van der Waals surface area (Å²) >= 11 is 0. The zero-order valence-corrected chi connectivity index (χ0v) is 10.6. The molecular formula is C16H15NO2. The van der Waals surface area contributed by atoms with E-state index >= 15 is 0 Å². The highest BCUT2D eigenvalue weighted by Crippen LogP contribution is 2.48. The molecule has 0 spiro atoms. The number of aryl methyl sites for hydroxylation is 1. The molecule has 1 aliphatic heterocycles. The van der Waals surface area contributed by atoms with Crippen LogP contribution in [0.3, 0.4) is 0 Å². The summed E-state index contributed by atoms with van der Waals surface area (Å²) in [6.07, 6.45) is 6.29. The molecule has 2 aromatic carbocycles. The van der Waals surface area contributed by atoms with Crippen LogP contribution in [0.5, 0.6) is 11.5 Å². The van der Waals surface area contributed by atoms with Gasteiger partial charge in [0.2, 0.25) is 0 Å². The second-order valence-corrected chi connectivity index (χ2v) is 5.46. The van der Waals surface area contributed by atoms with Crippen molar-refractivity contribution >= 4 is 22.7 Å². The van der Waals surface area contributed by atoms with Crippen molar-refractivity contribution in [2.75, 3.05) is 0 Å². The molecule has 1 heterocycles. The molecule has 4 rings (SSSR count). The van der Waals surface area contributed by atoms with Gasteiger partial charge in [0.05, 0.1) is 5.69 Å². The van der Waals surface area contributed by atoms with E-state index in [4.69, 9.17) is 0 Å². The quantitative estimate of drug-likeness (QED) is 0.702. The van der Waals surface area contributed by atoms with Gasteiger partial charge in [-0.25, -0.2) is 0 Å². The highest BCUT2D eigenvalue weighted by molar-refractivity contribution is 5.97. The van der Waals surface area contributed by atoms with Crippen molar-refractivity contribution in [2.45, 2.75) is 31.6 Å². The Morgan fingerprint density at radius 1 is 1.21 bits per heavy atom. The van der Waals surface area contributed by atoms with Gasteiger partial charge < -0.3 is 10.2 Å². The van der Waals surface area contributed by atoms with Gasteiger partial charge in [0.1, 0.15) is 0 Å². The molecule has 0 fully saturated rings. The molecule has 1 aliphatic carbocycles. The molecular weight excluding hydrogens is 238 g/mol. The summed E-state index contributed by atoms with van der Waals surface area (Å²) in [7, 11) is 0. The van der Waals surface area contributed by atoms with Gasteiger partial charge in [-0.05, 0) is 60.2 Å². The first-order valence-corrected chi connectivity index (χ1v) is 6.78. The SMILES string of the molecule is Oc1ccc2cc3c4c(c2c1O)CCCC4CC=N3. The molecule has 0 radical (unpaired) electrons. The summed E-state index contributed by atoms with van der Waals surface area (Å²) < 4.78 is 0. The van der Waals surface area contributed by atoms with Gasteiger partial charge in [-0.1, -0.05) is 6.07 Å². The van der Waals surface area contributed by atoms with Gasteiger partial charge in [0.15, 0.2) is 11.5 Å². The molecule has 2 aliphatic rings. The van der Waals surface area contributed by atoms with Crippen molar-refractivity contribution in [1.82, 2.24) is 0 Å². The number of aromatic hydroxyl groups is 2. The van der Waals surface area contributed by atoms with Gasteiger partial charge in [-0.2, -0.15) is 0 Å². The summed E-state index contributed by atoms with van der Waals surface area (Å²) in [5.74, 6) is 0.512. The van der Waals surface area contributed by atoms with Crippen LogP contribution in [-0.4, -0.2) is 16.4 Å². The fourth-order valence-corrected chi connectivity index (χ4v) is 3.55. The predicted molar refractivity (Wildman–Crippen MR) is 75.7 cm³/mol. The Bertz CT molecular complexity index is 718. The van der Waals surface area contributed by atoms with Crippen molar-refractivity contribution in [1.29, 1.82) is 0 Å². The Balaban J connectivity index is 2.17. The van der Waals surface area contributed by atoms with Crippen LogP contribution in [0.1, 0.15) is 36.3 Å². The number of hydrogen-bond acceptors (Lipinski definition) is 3. The summed E-state index contributed by atoms with van der Waals surface area (Å²) in [4.78, 5) is 4.52. The van der Waals surface area contributed by atoms with Gasteiger partial charge in [0, 0.05) is 11.6 Å². The first kappa shape index (κ1) is 10.9. The molecule has 0 bridgehead atoms. The third-order valence-electron chi connectivity index (χ3n) is 4.39. The van der Waals surface area contributed by atoms with E-state index in [1.807, 2.05) is 18.3 Å². The number of phenols is 2. The average molecular weight is 253 g/mol. The molecule has 1 unspecified atom stereocenters.